The highest BCUT2D eigenvalue weighted by atomic mass is 14.2. The molecule has 280 valence electrons. The molecule has 0 amide bonds. The van der Waals surface area contributed by atoms with E-state index in [9.17, 15) is 0 Å². The molecule has 0 aliphatic heterocycles. The van der Waals surface area contributed by atoms with Crippen LogP contribution in [0.25, 0.3) is 48.6 Å². The maximum atomic E-state index is 2.41. The first kappa shape index (κ1) is 38.6. The van der Waals surface area contributed by atoms with Gasteiger partial charge in [-0.15, -0.1) is 0 Å². The normalized spacial score (nSPS) is 13.7. The Morgan fingerprint density at radius 3 is 0.857 bits per heavy atom. The first-order valence-electron chi connectivity index (χ1n) is 20.3. The van der Waals surface area contributed by atoms with Crippen molar-refractivity contribution in [3.05, 3.63) is 211 Å². The first-order valence-corrected chi connectivity index (χ1v) is 20.3. The topological polar surface area (TPSA) is 0 Å². The van der Waals surface area contributed by atoms with E-state index in [4.69, 9.17) is 0 Å². The second kappa shape index (κ2) is 17.0. The lowest BCUT2D eigenvalue weighted by Gasteiger charge is -2.18. The molecule has 0 N–H and O–H groups in total. The second-order valence-electron chi connectivity index (χ2n) is 17.5. The van der Waals surface area contributed by atoms with Crippen molar-refractivity contribution in [3.8, 4) is 0 Å². The third kappa shape index (κ3) is 10.3. The number of rotatable bonds is 8. The van der Waals surface area contributed by atoms with Gasteiger partial charge < -0.3 is 0 Å². The Hall–Kier alpha value is -5.72. The molecule has 10 rings (SSSR count). The number of hydrogen-bond donors (Lipinski definition) is 0. The van der Waals surface area contributed by atoms with Crippen molar-refractivity contribution < 1.29 is 0 Å². The molecule has 6 aromatic rings. The molecule has 0 aromatic heterocycles. The summed E-state index contributed by atoms with van der Waals surface area (Å²) in [7, 11) is 0. The van der Waals surface area contributed by atoms with Crippen molar-refractivity contribution in [2.24, 2.45) is 0 Å². The van der Waals surface area contributed by atoms with Gasteiger partial charge >= 0.3 is 0 Å². The van der Waals surface area contributed by atoms with Crippen LogP contribution < -0.4 is 0 Å². The predicted octanol–water partition coefficient (Wildman–Crippen LogP) is 14.8. The molecule has 4 aliphatic rings. The van der Waals surface area contributed by atoms with E-state index in [1.807, 2.05) is 0 Å². The van der Waals surface area contributed by atoms with Crippen LogP contribution in [0.3, 0.4) is 0 Å². The van der Waals surface area contributed by atoms with Gasteiger partial charge in [-0.1, -0.05) is 224 Å². The highest BCUT2D eigenvalue weighted by Crippen LogP contribution is 2.27. The summed E-state index contributed by atoms with van der Waals surface area (Å²) in [5, 5.41) is 0. The van der Waals surface area contributed by atoms with Crippen molar-refractivity contribution in [2.45, 2.75) is 78.1 Å². The Kier molecular flexibility index (Phi) is 11.7. The van der Waals surface area contributed by atoms with Crippen LogP contribution in [0.15, 0.2) is 133 Å². The SMILES string of the molecule is CC(C)(C)c1ccc(/C=C/c2ccc(/C=C/c3cc4ccc3CCc3ccc(c(/C=C/c5ccc(/C=C/c6ccc(C(C)(C)C)cc6)cc5)c3)CC4)cc2)cc1. The molecule has 4 aliphatic carbocycles. The summed E-state index contributed by atoms with van der Waals surface area (Å²) in [6.45, 7) is 13.5. The molecule has 0 heterocycles. The summed E-state index contributed by atoms with van der Waals surface area (Å²) >= 11 is 0. The third-order valence-corrected chi connectivity index (χ3v) is 11.1. The fourth-order valence-electron chi connectivity index (χ4n) is 7.31. The van der Waals surface area contributed by atoms with E-state index in [0.29, 0.717) is 0 Å². The summed E-state index contributed by atoms with van der Waals surface area (Å²) in [5.74, 6) is 0. The quantitative estimate of drug-likeness (QED) is 0.137. The van der Waals surface area contributed by atoms with Gasteiger partial charge in [0, 0.05) is 0 Å². The summed E-state index contributed by atoms with van der Waals surface area (Å²) in [6.07, 6.45) is 22.0. The van der Waals surface area contributed by atoms with E-state index < -0.39 is 0 Å². The van der Waals surface area contributed by atoms with Crippen molar-refractivity contribution in [3.63, 3.8) is 0 Å². The minimum Gasteiger partial charge on any atom is -0.0587 e. The molecule has 56 heavy (non-hydrogen) atoms. The second-order valence-corrected chi connectivity index (χ2v) is 17.5. The number of hydrogen-bond acceptors (Lipinski definition) is 0. The van der Waals surface area contributed by atoms with Gasteiger partial charge in [-0.25, -0.2) is 0 Å². The Balaban J connectivity index is 0.986. The van der Waals surface area contributed by atoms with Gasteiger partial charge in [0.05, 0.1) is 0 Å². The monoisotopic (exact) mass is 728 g/mol. The first-order chi connectivity index (χ1) is 26.9. The summed E-state index contributed by atoms with van der Waals surface area (Å²) in [6, 6.07) is 49.7. The Morgan fingerprint density at radius 2 is 0.571 bits per heavy atom. The minimum absolute atomic E-state index is 0.172. The van der Waals surface area contributed by atoms with Gasteiger partial charge in [0.2, 0.25) is 0 Å². The molecule has 0 saturated heterocycles. The fraction of sp³-hybridized carbons (Fsp3) is 0.214. The Morgan fingerprint density at radius 1 is 0.304 bits per heavy atom. The maximum absolute atomic E-state index is 2.41. The molecule has 0 unspecified atom stereocenters. The number of benzene rings is 6. The van der Waals surface area contributed by atoms with Crippen LogP contribution in [0.4, 0.5) is 0 Å². The molecular formula is C56H56. The van der Waals surface area contributed by atoms with Crippen LogP contribution in [0.5, 0.6) is 0 Å². The zero-order valence-corrected chi connectivity index (χ0v) is 34.1. The van der Waals surface area contributed by atoms with Crippen molar-refractivity contribution in [1.29, 1.82) is 0 Å². The van der Waals surface area contributed by atoms with E-state index >= 15 is 0 Å². The van der Waals surface area contributed by atoms with Crippen LogP contribution in [0.1, 0.15) is 119 Å². The molecule has 0 heteroatoms. The largest absolute Gasteiger partial charge is 0.0587 e. The average molecular weight is 729 g/mol. The van der Waals surface area contributed by atoms with Crippen molar-refractivity contribution >= 4 is 48.6 Å². The Bertz CT molecular complexity index is 2190. The molecule has 0 radical (unpaired) electrons. The van der Waals surface area contributed by atoms with Gasteiger partial charge in [0.1, 0.15) is 0 Å². The molecule has 0 spiro atoms. The van der Waals surface area contributed by atoms with Crippen LogP contribution in [0.2, 0.25) is 0 Å². The molecule has 0 fully saturated rings. The highest BCUT2D eigenvalue weighted by Gasteiger charge is 2.14. The van der Waals surface area contributed by atoms with Crippen molar-refractivity contribution in [1.82, 2.24) is 0 Å². The van der Waals surface area contributed by atoms with Crippen LogP contribution in [0, 0.1) is 0 Å². The summed E-state index contributed by atoms with van der Waals surface area (Å²) in [5.41, 5.74) is 18.6. The van der Waals surface area contributed by atoms with E-state index in [2.05, 4.69) is 224 Å². The lowest BCUT2D eigenvalue weighted by Crippen LogP contribution is -2.10. The number of aryl methyl sites for hydroxylation is 4. The van der Waals surface area contributed by atoms with Crippen LogP contribution >= 0.6 is 0 Å². The van der Waals surface area contributed by atoms with E-state index in [1.54, 1.807) is 0 Å². The minimum atomic E-state index is 0.172. The molecule has 0 atom stereocenters. The maximum Gasteiger partial charge on any atom is -0.0132 e. The molecule has 6 aromatic carbocycles. The van der Waals surface area contributed by atoms with E-state index in [-0.39, 0.29) is 10.8 Å². The molecule has 0 saturated carbocycles. The third-order valence-electron chi connectivity index (χ3n) is 11.1. The van der Waals surface area contributed by atoms with Gasteiger partial charge in [-0.05, 0) is 114 Å². The van der Waals surface area contributed by atoms with Crippen LogP contribution in [-0.4, -0.2) is 0 Å². The smallest absolute Gasteiger partial charge is 0.0132 e. The highest BCUT2D eigenvalue weighted by molar-refractivity contribution is 5.76. The van der Waals surface area contributed by atoms with Gasteiger partial charge in [-0.3, -0.25) is 0 Å². The zero-order chi connectivity index (χ0) is 39.1. The van der Waals surface area contributed by atoms with Crippen LogP contribution in [-0.2, 0) is 36.5 Å². The average Bonchev–Trinajstić information content (AvgIpc) is 3.19. The van der Waals surface area contributed by atoms with Gasteiger partial charge in [0.25, 0.3) is 0 Å². The molecule has 0 nitrogen and oxygen atoms in total. The lowest BCUT2D eigenvalue weighted by atomic mass is 9.86. The molecular weight excluding hydrogens is 673 g/mol. The fourth-order valence-corrected chi connectivity index (χ4v) is 7.31. The van der Waals surface area contributed by atoms with Crippen molar-refractivity contribution in [2.75, 3.05) is 0 Å². The van der Waals surface area contributed by atoms with Gasteiger partial charge in [-0.2, -0.15) is 0 Å². The molecule has 4 bridgehead atoms. The van der Waals surface area contributed by atoms with E-state index in [1.165, 1.54) is 77.9 Å². The van der Waals surface area contributed by atoms with Gasteiger partial charge in [0.15, 0.2) is 0 Å². The Labute approximate surface area is 336 Å². The standard InChI is InChI=1S/C56H56/c1-55(2,3)53-35-25-45(26-36-53)17-11-41-7-13-43(14-8-41)19-33-51-39-47-21-29-49(51)31-23-48-22-30-50(32-24-47)52(40-48)34-20-44-15-9-42(10-16-44)12-18-46-27-37-54(38-28-46)56(4,5)6/h7-22,25-30,33-40H,23-24,31-32H2,1-6H3/b17-11+,18-12+,33-19+,34-20+. The van der Waals surface area contributed by atoms with E-state index in [0.717, 1.165) is 25.7 Å². The predicted molar refractivity (Wildman–Crippen MR) is 247 cm³/mol. The zero-order valence-electron chi connectivity index (χ0n) is 34.1. The summed E-state index contributed by atoms with van der Waals surface area (Å²) in [4.78, 5) is 0. The lowest BCUT2D eigenvalue weighted by molar-refractivity contribution is 0.590. The summed E-state index contributed by atoms with van der Waals surface area (Å²) < 4.78 is 0.